The first-order valence-corrected chi connectivity index (χ1v) is 5.93. The van der Waals surface area contributed by atoms with Gasteiger partial charge in [0.1, 0.15) is 18.3 Å². The van der Waals surface area contributed by atoms with Crippen LogP contribution in [0, 0.1) is 0 Å². The Bertz CT molecular complexity index is 500. The van der Waals surface area contributed by atoms with Crippen molar-refractivity contribution in [3.63, 3.8) is 0 Å². The number of carbonyl (C=O) groups excluding carboxylic acids is 1. The summed E-state index contributed by atoms with van der Waals surface area (Å²) in [4.78, 5) is 23.0. The van der Waals surface area contributed by atoms with E-state index in [1.807, 2.05) is 0 Å². The van der Waals surface area contributed by atoms with Crippen LogP contribution < -0.4 is 10.1 Å². The van der Waals surface area contributed by atoms with Crippen LogP contribution in [0.2, 0.25) is 0 Å². The van der Waals surface area contributed by atoms with E-state index < -0.39 is 29.9 Å². The van der Waals surface area contributed by atoms with E-state index in [1.165, 1.54) is 6.92 Å². The van der Waals surface area contributed by atoms with Gasteiger partial charge >= 0.3 is 5.97 Å². The maximum Gasteiger partial charge on any atom is 0.328 e. The van der Waals surface area contributed by atoms with Crippen LogP contribution in [0.1, 0.15) is 18.4 Å². The molecule has 3 atom stereocenters. The Kier molecular flexibility index (Phi) is 3.71. The van der Waals surface area contributed by atoms with Gasteiger partial charge in [0.05, 0.1) is 6.10 Å². The molecule has 0 saturated carbocycles. The van der Waals surface area contributed by atoms with Gasteiger partial charge in [-0.15, -0.1) is 0 Å². The minimum atomic E-state index is -1.32. The Morgan fingerprint density at radius 1 is 1.42 bits per heavy atom. The Morgan fingerprint density at radius 3 is 2.74 bits per heavy atom. The van der Waals surface area contributed by atoms with E-state index in [-0.39, 0.29) is 6.61 Å². The number of carboxylic acid groups (broad SMARTS) is 1. The fourth-order valence-electron chi connectivity index (χ4n) is 2.02. The average Bonchev–Trinajstić information content (AvgIpc) is 2.78. The van der Waals surface area contributed by atoms with Crippen LogP contribution in [-0.4, -0.2) is 40.8 Å². The molecule has 1 aromatic rings. The van der Waals surface area contributed by atoms with Crippen molar-refractivity contribution in [1.29, 1.82) is 0 Å². The molecule has 0 fully saturated rings. The molecule has 1 aromatic carbocycles. The first kappa shape index (κ1) is 13.4. The van der Waals surface area contributed by atoms with Gasteiger partial charge in [0.2, 0.25) is 5.91 Å². The van der Waals surface area contributed by atoms with Crippen LogP contribution in [0.25, 0.3) is 0 Å². The molecule has 102 valence electrons. The molecule has 0 aliphatic carbocycles. The van der Waals surface area contributed by atoms with E-state index in [4.69, 9.17) is 9.84 Å². The van der Waals surface area contributed by atoms with Crippen LogP contribution in [0.4, 0.5) is 0 Å². The number of benzene rings is 1. The summed E-state index contributed by atoms with van der Waals surface area (Å²) in [6, 6.07) is 5.79. The molecule has 1 aliphatic rings. The summed E-state index contributed by atoms with van der Waals surface area (Å²) in [5.41, 5.74) is 0.731. The van der Waals surface area contributed by atoms with Crippen LogP contribution >= 0.6 is 0 Å². The van der Waals surface area contributed by atoms with E-state index in [0.29, 0.717) is 5.75 Å². The standard InChI is InChI=1S/C13H15NO5/c1-7(15)11(13(17)18)14-12(16)9-6-19-10-5-3-2-4-8(9)10/h2-5,7,9,11,15H,6H2,1H3,(H,14,16)(H,17,18)/t7-,9?,11+/m1/s1. The van der Waals surface area contributed by atoms with Gasteiger partial charge in [0.15, 0.2) is 6.04 Å². The molecule has 0 radical (unpaired) electrons. The van der Waals surface area contributed by atoms with Gasteiger partial charge in [-0.05, 0) is 13.0 Å². The second kappa shape index (κ2) is 5.27. The van der Waals surface area contributed by atoms with Gasteiger partial charge in [-0.3, -0.25) is 4.79 Å². The minimum absolute atomic E-state index is 0.178. The fraction of sp³-hybridized carbons (Fsp3) is 0.385. The molecule has 1 aliphatic heterocycles. The number of ether oxygens (including phenoxy) is 1. The maximum atomic E-state index is 12.1. The minimum Gasteiger partial charge on any atom is -0.492 e. The third kappa shape index (κ3) is 2.68. The van der Waals surface area contributed by atoms with Gasteiger partial charge in [-0.25, -0.2) is 4.79 Å². The normalized spacial score (nSPS) is 20.0. The van der Waals surface area contributed by atoms with Crippen molar-refractivity contribution >= 4 is 11.9 Å². The van der Waals surface area contributed by atoms with Crippen LogP contribution in [0.3, 0.4) is 0 Å². The summed E-state index contributed by atoms with van der Waals surface area (Å²) in [6.07, 6.45) is -1.17. The highest BCUT2D eigenvalue weighted by molar-refractivity contribution is 5.89. The quantitative estimate of drug-likeness (QED) is 0.718. The summed E-state index contributed by atoms with van der Waals surface area (Å²) >= 11 is 0. The number of carbonyl (C=O) groups is 2. The molecule has 19 heavy (non-hydrogen) atoms. The van der Waals surface area contributed by atoms with Crippen LogP contribution in [-0.2, 0) is 9.59 Å². The lowest BCUT2D eigenvalue weighted by atomic mass is 10.00. The fourth-order valence-corrected chi connectivity index (χ4v) is 2.02. The highest BCUT2D eigenvalue weighted by Crippen LogP contribution is 2.33. The van der Waals surface area contributed by atoms with Crippen molar-refractivity contribution < 1.29 is 24.5 Å². The molecule has 0 bridgehead atoms. The van der Waals surface area contributed by atoms with Crippen molar-refractivity contribution in [3.05, 3.63) is 29.8 Å². The summed E-state index contributed by atoms with van der Waals surface area (Å²) in [5.74, 6) is -1.64. The van der Waals surface area contributed by atoms with E-state index in [2.05, 4.69) is 5.32 Å². The van der Waals surface area contributed by atoms with Gasteiger partial charge < -0.3 is 20.3 Å². The van der Waals surface area contributed by atoms with Crippen LogP contribution in [0.15, 0.2) is 24.3 Å². The zero-order valence-electron chi connectivity index (χ0n) is 10.4. The lowest BCUT2D eigenvalue weighted by Crippen LogP contribution is -2.49. The molecule has 1 heterocycles. The third-order valence-corrected chi connectivity index (χ3v) is 3.06. The zero-order valence-corrected chi connectivity index (χ0v) is 10.4. The number of rotatable bonds is 4. The number of para-hydroxylation sites is 1. The van der Waals surface area contributed by atoms with E-state index in [1.54, 1.807) is 24.3 Å². The smallest absolute Gasteiger partial charge is 0.328 e. The Balaban J connectivity index is 2.12. The number of aliphatic hydroxyl groups is 1. The van der Waals surface area contributed by atoms with E-state index in [9.17, 15) is 14.7 Å². The molecular weight excluding hydrogens is 250 g/mol. The molecule has 3 N–H and O–H groups in total. The van der Waals surface area contributed by atoms with E-state index >= 15 is 0 Å². The number of aliphatic carboxylic acids is 1. The van der Waals surface area contributed by atoms with Gasteiger partial charge in [0, 0.05) is 5.56 Å². The third-order valence-electron chi connectivity index (χ3n) is 3.06. The number of fused-ring (bicyclic) bond motifs is 1. The lowest BCUT2D eigenvalue weighted by molar-refractivity contribution is -0.145. The molecule has 0 spiro atoms. The second-order valence-electron chi connectivity index (χ2n) is 4.47. The van der Waals surface area contributed by atoms with Gasteiger partial charge in [0.25, 0.3) is 0 Å². The number of carboxylic acids is 1. The molecule has 2 rings (SSSR count). The highest BCUT2D eigenvalue weighted by atomic mass is 16.5. The van der Waals surface area contributed by atoms with E-state index in [0.717, 1.165) is 5.56 Å². The number of hydrogen-bond donors (Lipinski definition) is 3. The molecule has 1 unspecified atom stereocenters. The first-order valence-electron chi connectivity index (χ1n) is 5.93. The molecular formula is C13H15NO5. The predicted octanol–water partition coefficient (Wildman–Crippen LogP) is 0.113. The number of aliphatic hydroxyl groups excluding tert-OH is 1. The number of amides is 1. The zero-order chi connectivity index (χ0) is 14.0. The number of hydrogen-bond acceptors (Lipinski definition) is 4. The Morgan fingerprint density at radius 2 is 2.11 bits per heavy atom. The van der Waals surface area contributed by atoms with Crippen molar-refractivity contribution in [2.24, 2.45) is 0 Å². The largest absolute Gasteiger partial charge is 0.492 e. The van der Waals surface area contributed by atoms with Gasteiger partial charge in [-0.1, -0.05) is 18.2 Å². The Labute approximate surface area is 110 Å². The number of nitrogens with one attached hydrogen (secondary N) is 1. The van der Waals surface area contributed by atoms with Crippen molar-refractivity contribution in [1.82, 2.24) is 5.32 Å². The molecule has 6 heteroatoms. The SMILES string of the molecule is C[C@@H](O)[C@H](NC(=O)C1COc2ccccc21)C(=O)O. The van der Waals surface area contributed by atoms with Crippen LogP contribution in [0.5, 0.6) is 5.75 Å². The molecule has 6 nitrogen and oxygen atoms in total. The summed E-state index contributed by atoms with van der Waals surface area (Å²) < 4.78 is 5.36. The molecule has 0 saturated heterocycles. The van der Waals surface area contributed by atoms with Crippen molar-refractivity contribution in [3.8, 4) is 5.75 Å². The average molecular weight is 265 g/mol. The topological polar surface area (TPSA) is 95.9 Å². The molecule has 0 aromatic heterocycles. The van der Waals surface area contributed by atoms with Gasteiger partial charge in [-0.2, -0.15) is 0 Å². The monoisotopic (exact) mass is 265 g/mol. The summed E-state index contributed by atoms with van der Waals surface area (Å²) in [7, 11) is 0. The highest BCUT2D eigenvalue weighted by Gasteiger charge is 2.33. The lowest BCUT2D eigenvalue weighted by Gasteiger charge is -2.19. The maximum absolute atomic E-state index is 12.1. The Hall–Kier alpha value is -2.08. The first-order chi connectivity index (χ1) is 9.00. The van der Waals surface area contributed by atoms with Crippen molar-refractivity contribution in [2.75, 3.05) is 6.61 Å². The predicted molar refractivity (Wildman–Crippen MR) is 65.9 cm³/mol. The van der Waals surface area contributed by atoms with Crippen molar-refractivity contribution in [2.45, 2.75) is 25.0 Å². The summed E-state index contributed by atoms with van der Waals surface area (Å²) in [6.45, 7) is 1.50. The molecule has 1 amide bonds. The second-order valence-corrected chi connectivity index (χ2v) is 4.47. The summed E-state index contributed by atoms with van der Waals surface area (Å²) in [5, 5.41) is 20.6.